The molecule has 134 valence electrons. The Morgan fingerprint density at radius 3 is 1.71 bits per heavy atom. The Kier molecular flexibility index (Phi) is 7.50. The number of carbonyl (C=O) groups excluding carboxylic acids is 2. The van der Waals surface area contributed by atoms with Gasteiger partial charge in [0.25, 0.3) is 0 Å². The van der Waals surface area contributed by atoms with Crippen LogP contribution in [0.25, 0.3) is 0 Å². The SMILES string of the molecule is CC(C)(C)C#C/C=C(\C=C\C(=O)OC(C)(C)C)C(=O)OC(C)(C)C. The third-order valence-electron chi connectivity index (χ3n) is 2.12. The van der Waals surface area contributed by atoms with E-state index in [0.717, 1.165) is 0 Å². The summed E-state index contributed by atoms with van der Waals surface area (Å²) in [5.74, 6) is 4.80. The van der Waals surface area contributed by atoms with Crippen LogP contribution in [0.15, 0.2) is 23.8 Å². The van der Waals surface area contributed by atoms with Crippen molar-refractivity contribution < 1.29 is 19.1 Å². The van der Waals surface area contributed by atoms with E-state index in [9.17, 15) is 9.59 Å². The first-order valence-electron chi connectivity index (χ1n) is 7.96. The number of ether oxygens (including phenoxy) is 2. The fourth-order valence-electron chi connectivity index (χ4n) is 1.34. The summed E-state index contributed by atoms with van der Waals surface area (Å²) in [5.41, 5.74) is -1.21. The molecule has 0 aromatic carbocycles. The van der Waals surface area contributed by atoms with E-state index < -0.39 is 23.1 Å². The molecule has 0 saturated heterocycles. The lowest BCUT2D eigenvalue weighted by molar-refractivity contribution is -0.149. The summed E-state index contributed by atoms with van der Waals surface area (Å²) < 4.78 is 10.5. The van der Waals surface area contributed by atoms with Crippen LogP contribution in [0, 0.1) is 17.3 Å². The first-order valence-corrected chi connectivity index (χ1v) is 7.96. The van der Waals surface area contributed by atoms with E-state index in [4.69, 9.17) is 9.47 Å². The van der Waals surface area contributed by atoms with E-state index in [1.54, 1.807) is 41.5 Å². The second-order valence-electron chi connectivity index (χ2n) is 8.49. The fraction of sp³-hybridized carbons (Fsp3) is 0.600. The van der Waals surface area contributed by atoms with Gasteiger partial charge in [0.15, 0.2) is 0 Å². The van der Waals surface area contributed by atoms with Gasteiger partial charge in [-0.25, -0.2) is 9.59 Å². The van der Waals surface area contributed by atoms with Crippen molar-refractivity contribution in [2.24, 2.45) is 5.41 Å². The maximum atomic E-state index is 12.3. The fourth-order valence-corrected chi connectivity index (χ4v) is 1.34. The summed E-state index contributed by atoms with van der Waals surface area (Å²) >= 11 is 0. The maximum absolute atomic E-state index is 12.3. The number of hydrogen-bond donors (Lipinski definition) is 0. The third kappa shape index (κ3) is 12.5. The highest BCUT2D eigenvalue weighted by Crippen LogP contribution is 2.14. The molecule has 24 heavy (non-hydrogen) atoms. The molecule has 0 aromatic rings. The lowest BCUT2D eigenvalue weighted by Crippen LogP contribution is -2.25. The van der Waals surface area contributed by atoms with Gasteiger partial charge in [0.1, 0.15) is 11.2 Å². The number of carbonyl (C=O) groups is 2. The molecule has 0 rings (SSSR count). The molecule has 4 heteroatoms. The van der Waals surface area contributed by atoms with Crippen molar-refractivity contribution in [1.82, 2.24) is 0 Å². The van der Waals surface area contributed by atoms with Crippen molar-refractivity contribution in [1.29, 1.82) is 0 Å². The predicted molar refractivity (Wildman–Crippen MR) is 96.1 cm³/mol. The standard InChI is InChI=1S/C20H30O4/c1-18(2,3)14-10-11-15(17(22)24-20(7,8)9)12-13-16(21)23-19(4,5)6/h11-13H,1-9H3/b13-12+,15-11+. The average Bonchev–Trinajstić information content (AvgIpc) is 2.27. The van der Waals surface area contributed by atoms with Crippen molar-refractivity contribution in [3.63, 3.8) is 0 Å². The van der Waals surface area contributed by atoms with Gasteiger partial charge in [0.05, 0.1) is 5.57 Å². The number of rotatable bonds is 3. The van der Waals surface area contributed by atoms with Gasteiger partial charge >= 0.3 is 11.9 Å². The van der Waals surface area contributed by atoms with Crippen LogP contribution >= 0.6 is 0 Å². The Bertz CT molecular complexity index is 576. The molecule has 0 aromatic heterocycles. The van der Waals surface area contributed by atoms with Gasteiger partial charge in [-0.15, -0.1) is 0 Å². The Balaban J connectivity index is 5.40. The Labute approximate surface area is 146 Å². The molecule has 0 atom stereocenters. The minimum Gasteiger partial charge on any atom is -0.457 e. The summed E-state index contributed by atoms with van der Waals surface area (Å²) in [4.78, 5) is 24.0. The molecule has 0 unspecified atom stereocenters. The Morgan fingerprint density at radius 1 is 0.792 bits per heavy atom. The van der Waals surface area contributed by atoms with E-state index in [-0.39, 0.29) is 11.0 Å². The highest BCUT2D eigenvalue weighted by atomic mass is 16.6. The van der Waals surface area contributed by atoms with Crippen molar-refractivity contribution in [2.75, 3.05) is 0 Å². The van der Waals surface area contributed by atoms with Gasteiger partial charge < -0.3 is 9.47 Å². The number of hydrogen-bond acceptors (Lipinski definition) is 4. The lowest BCUT2D eigenvalue weighted by Gasteiger charge is -2.20. The van der Waals surface area contributed by atoms with Crippen molar-refractivity contribution >= 4 is 11.9 Å². The highest BCUT2D eigenvalue weighted by Gasteiger charge is 2.19. The minimum atomic E-state index is -0.632. The van der Waals surface area contributed by atoms with Gasteiger partial charge in [0.2, 0.25) is 0 Å². The highest BCUT2D eigenvalue weighted by molar-refractivity contribution is 5.94. The summed E-state index contributed by atoms with van der Waals surface area (Å²) in [5, 5.41) is 0. The van der Waals surface area contributed by atoms with Crippen LogP contribution in [0.4, 0.5) is 0 Å². The molecule has 0 aliphatic rings. The molecular weight excluding hydrogens is 304 g/mol. The van der Waals surface area contributed by atoms with Crippen LogP contribution < -0.4 is 0 Å². The molecule has 0 spiro atoms. The summed E-state index contributed by atoms with van der Waals surface area (Å²) in [7, 11) is 0. The summed E-state index contributed by atoms with van der Waals surface area (Å²) in [6.45, 7) is 16.6. The number of esters is 2. The largest absolute Gasteiger partial charge is 0.457 e. The first kappa shape index (κ1) is 22.0. The van der Waals surface area contributed by atoms with E-state index in [2.05, 4.69) is 11.8 Å². The molecule has 0 saturated carbocycles. The van der Waals surface area contributed by atoms with E-state index in [0.29, 0.717) is 0 Å². The molecule has 0 bridgehead atoms. The zero-order valence-electron chi connectivity index (χ0n) is 16.4. The van der Waals surface area contributed by atoms with Crippen LogP contribution in [0.5, 0.6) is 0 Å². The minimum absolute atomic E-state index is 0.190. The molecule has 0 amide bonds. The lowest BCUT2D eigenvalue weighted by atomic mass is 9.98. The molecule has 0 aliphatic heterocycles. The summed E-state index contributed by atoms with van der Waals surface area (Å²) in [6.07, 6.45) is 4.04. The molecule has 0 radical (unpaired) electrons. The Hall–Kier alpha value is -2.02. The van der Waals surface area contributed by atoms with E-state index in [1.165, 1.54) is 18.2 Å². The second kappa shape index (κ2) is 8.19. The normalized spacial score (nSPS) is 13.3. The zero-order chi connectivity index (χ0) is 19.2. The van der Waals surface area contributed by atoms with Gasteiger partial charge in [-0.3, -0.25) is 0 Å². The monoisotopic (exact) mass is 334 g/mol. The van der Waals surface area contributed by atoms with Crippen LogP contribution in [0.1, 0.15) is 62.3 Å². The summed E-state index contributed by atoms with van der Waals surface area (Å²) in [6, 6.07) is 0. The zero-order valence-corrected chi connectivity index (χ0v) is 16.4. The third-order valence-corrected chi connectivity index (χ3v) is 2.12. The quantitative estimate of drug-likeness (QED) is 0.336. The van der Waals surface area contributed by atoms with Gasteiger partial charge in [-0.2, -0.15) is 0 Å². The van der Waals surface area contributed by atoms with E-state index >= 15 is 0 Å². The van der Waals surface area contributed by atoms with Crippen LogP contribution in [0.3, 0.4) is 0 Å². The molecular formula is C20H30O4. The smallest absolute Gasteiger partial charge is 0.339 e. The molecule has 0 N–H and O–H groups in total. The number of allylic oxidation sites excluding steroid dienone is 1. The molecule has 0 heterocycles. The van der Waals surface area contributed by atoms with Crippen molar-refractivity contribution in [3.8, 4) is 11.8 Å². The average molecular weight is 334 g/mol. The van der Waals surface area contributed by atoms with Crippen molar-refractivity contribution in [2.45, 2.75) is 73.5 Å². The van der Waals surface area contributed by atoms with Crippen LogP contribution in [-0.4, -0.2) is 23.1 Å². The maximum Gasteiger partial charge on any atom is 0.339 e. The van der Waals surface area contributed by atoms with E-state index in [1.807, 2.05) is 20.8 Å². The van der Waals surface area contributed by atoms with Crippen LogP contribution in [-0.2, 0) is 19.1 Å². The van der Waals surface area contributed by atoms with Crippen molar-refractivity contribution in [3.05, 3.63) is 23.8 Å². The first-order chi connectivity index (χ1) is 10.6. The van der Waals surface area contributed by atoms with Gasteiger partial charge in [0, 0.05) is 17.6 Å². The second-order valence-corrected chi connectivity index (χ2v) is 8.49. The van der Waals surface area contributed by atoms with Crippen LogP contribution in [0.2, 0.25) is 0 Å². The predicted octanol–water partition coefficient (Wildman–Crippen LogP) is 4.20. The molecule has 0 aliphatic carbocycles. The topological polar surface area (TPSA) is 52.6 Å². The Morgan fingerprint density at radius 2 is 1.29 bits per heavy atom. The molecule has 0 fully saturated rings. The van der Waals surface area contributed by atoms with Gasteiger partial charge in [-0.05, 0) is 68.4 Å². The van der Waals surface area contributed by atoms with Gasteiger partial charge in [-0.1, -0.05) is 11.8 Å². The molecule has 4 nitrogen and oxygen atoms in total.